The summed E-state index contributed by atoms with van der Waals surface area (Å²) in [5.74, 6) is -0.652. The second-order valence-electron chi connectivity index (χ2n) is 3.30. The van der Waals surface area contributed by atoms with Crippen LogP contribution in [0.15, 0.2) is 33.8 Å². The van der Waals surface area contributed by atoms with Crippen LogP contribution in [-0.4, -0.2) is 16.1 Å². The van der Waals surface area contributed by atoms with E-state index < -0.39 is 5.97 Å². The molecule has 0 unspecified atom stereocenters. The summed E-state index contributed by atoms with van der Waals surface area (Å²) in [6.07, 6.45) is 0. The standard InChI is InChI=1S/C11H7Cl2NO3S/c12-8-3-1-6(10(13)14-8)5-18-9-4-2-7(17-9)11(15)16/h1-4H,5H2,(H,15,16). The number of pyridine rings is 1. The van der Waals surface area contributed by atoms with Crippen molar-refractivity contribution in [2.45, 2.75) is 10.8 Å². The SMILES string of the molecule is O=C(O)c1ccc(SCc2ccc(Cl)nc2Cl)o1. The number of hydrogen-bond acceptors (Lipinski definition) is 4. The van der Waals surface area contributed by atoms with Gasteiger partial charge in [0.1, 0.15) is 10.3 Å². The van der Waals surface area contributed by atoms with Crippen LogP contribution in [0.25, 0.3) is 0 Å². The van der Waals surface area contributed by atoms with E-state index in [0.717, 1.165) is 5.56 Å². The summed E-state index contributed by atoms with van der Waals surface area (Å²) in [7, 11) is 0. The van der Waals surface area contributed by atoms with Gasteiger partial charge in [-0.1, -0.05) is 41.0 Å². The van der Waals surface area contributed by atoms with Gasteiger partial charge in [-0.25, -0.2) is 9.78 Å². The van der Waals surface area contributed by atoms with E-state index >= 15 is 0 Å². The predicted octanol–water partition coefficient (Wildman–Crippen LogP) is 3.97. The highest BCUT2D eigenvalue weighted by Crippen LogP contribution is 2.28. The van der Waals surface area contributed by atoms with Crippen molar-refractivity contribution in [2.75, 3.05) is 0 Å². The lowest BCUT2D eigenvalue weighted by molar-refractivity contribution is 0.0656. The lowest BCUT2D eigenvalue weighted by Gasteiger charge is -2.01. The number of thioether (sulfide) groups is 1. The minimum absolute atomic E-state index is 0.0853. The van der Waals surface area contributed by atoms with Crippen molar-refractivity contribution in [3.8, 4) is 0 Å². The molecule has 7 heteroatoms. The largest absolute Gasteiger partial charge is 0.475 e. The van der Waals surface area contributed by atoms with Crippen LogP contribution in [0.2, 0.25) is 10.3 Å². The first-order chi connectivity index (χ1) is 8.56. The van der Waals surface area contributed by atoms with Gasteiger partial charge in [-0.2, -0.15) is 0 Å². The van der Waals surface area contributed by atoms with Crippen LogP contribution in [0.5, 0.6) is 0 Å². The molecular formula is C11H7Cl2NO3S. The Morgan fingerprint density at radius 2 is 2.11 bits per heavy atom. The van der Waals surface area contributed by atoms with E-state index in [1.165, 1.54) is 17.8 Å². The van der Waals surface area contributed by atoms with Crippen LogP contribution >= 0.6 is 35.0 Å². The van der Waals surface area contributed by atoms with E-state index in [0.29, 0.717) is 21.2 Å². The van der Waals surface area contributed by atoms with Crippen molar-refractivity contribution in [3.05, 3.63) is 45.9 Å². The van der Waals surface area contributed by atoms with Gasteiger partial charge in [0.25, 0.3) is 0 Å². The van der Waals surface area contributed by atoms with Gasteiger partial charge in [-0.05, 0) is 23.8 Å². The van der Waals surface area contributed by atoms with Crippen molar-refractivity contribution < 1.29 is 14.3 Å². The molecule has 0 fully saturated rings. The van der Waals surface area contributed by atoms with Crippen LogP contribution in [0.1, 0.15) is 16.1 Å². The van der Waals surface area contributed by atoms with E-state index in [-0.39, 0.29) is 5.76 Å². The van der Waals surface area contributed by atoms with Gasteiger partial charge in [-0.3, -0.25) is 0 Å². The van der Waals surface area contributed by atoms with Crippen LogP contribution in [0, 0.1) is 0 Å². The Kier molecular flexibility index (Phi) is 4.16. The lowest BCUT2D eigenvalue weighted by Crippen LogP contribution is -1.91. The summed E-state index contributed by atoms with van der Waals surface area (Å²) in [6, 6.07) is 6.43. The molecule has 2 heterocycles. The van der Waals surface area contributed by atoms with Crippen LogP contribution < -0.4 is 0 Å². The van der Waals surface area contributed by atoms with E-state index in [1.54, 1.807) is 18.2 Å². The minimum atomic E-state index is -1.09. The Hall–Kier alpha value is -1.17. The molecule has 4 nitrogen and oxygen atoms in total. The molecule has 1 N–H and O–H groups in total. The highest BCUT2D eigenvalue weighted by atomic mass is 35.5. The molecule has 2 aromatic heterocycles. The molecule has 0 atom stereocenters. The number of carboxylic acids is 1. The Morgan fingerprint density at radius 3 is 2.72 bits per heavy atom. The van der Waals surface area contributed by atoms with Crippen molar-refractivity contribution >= 4 is 40.9 Å². The first-order valence-corrected chi connectivity index (χ1v) is 6.57. The number of furan rings is 1. The smallest absolute Gasteiger partial charge is 0.371 e. The first-order valence-electron chi connectivity index (χ1n) is 4.83. The van der Waals surface area contributed by atoms with Gasteiger partial charge >= 0.3 is 5.97 Å². The number of carboxylic acid groups (broad SMARTS) is 1. The van der Waals surface area contributed by atoms with E-state index in [1.807, 2.05) is 0 Å². The van der Waals surface area contributed by atoms with Gasteiger partial charge in [0.2, 0.25) is 5.76 Å². The molecule has 2 rings (SSSR count). The van der Waals surface area contributed by atoms with Gasteiger partial charge in [0.05, 0.1) is 0 Å². The van der Waals surface area contributed by atoms with Crippen molar-refractivity contribution in [2.24, 2.45) is 0 Å². The molecular weight excluding hydrogens is 297 g/mol. The van der Waals surface area contributed by atoms with Crippen molar-refractivity contribution in [3.63, 3.8) is 0 Å². The summed E-state index contributed by atoms with van der Waals surface area (Å²) < 4.78 is 5.10. The molecule has 0 saturated heterocycles. The van der Waals surface area contributed by atoms with E-state index in [2.05, 4.69) is 4.98 Å². The molecule has 0 aliphatic heterocycles. The molecule has 0 saturated carbocycles. The second kappa shape index (κ2) is 5.65. The first kappa shape index (κ1) is 13.3. The highest BCUT2D eigenvalue weighted by molar-refractivity contribution is 7.98. The van der Waals surface area contributed by atoms with Crippen LogP contribution in [0.3, 0.4) is 0 Å². The van der Waals surface area contributed by atoms with Crippen LogP contribution in [-0.2, 0) is 5.75 Å². The topological polar surface area (TPSA) is 63.3 Å². The molecule has 0 bridgehead atoms. The third-order valence-corrected chi connectivity index (χ3v) is 3.55. The normalized spacial score (nSPS) is 10.6. The molecule has 0 aliphatic carbocycles. The predicted molar refractivity (Wildman–Crippen MR) is 69.5 cm³/mol. The molecule has 0 amide bonds. The Morgan fingerprint density at radius 1 is 1.33 bits per heavy atom. The van der Waals surface area contributed by atoms with Gasteiger partial charge in [-0.15, -0.1) is 0 Å². The zero-order chi connectivity index (χ0) is 13.1. The summed E-state index contributed by atoms with van der Waals surface area (Å²) in [4.78, 5) is 14.5. The maximum Gasteiger partial charge on any atom is 0.371 e. The van der Waals surface area contributed by atoms with Crippen LogP contribution in [0.4, 0.5) is 0 Å². The van der Waals surface area contributed by atoms with E-state index in [4.69, 9.17) is 32.7 Å². The third-order valence-electron chi connectivity index (χ3n) is 2.05. The minimum Gasteiger partial charge on any atom is -0.475 e. The number of halogens is 2. The zero-order valence-electron chi connectivity index (χ0n) is 8.89. The fraction of sp³-hybridized carbons (Fsp3) is 0.0909. The molecule has 0 radical (unpaired) electrons. The maximum absolute atomic E-state index is 10.6. The summed E-state index contributed by atoms with van der Waals surface area (Å²) in [6.45, 7) is 0. The van der Waals surface area contributed by atoms with Gasteiger partial charge < -0.3 is 9.52 Å². The van der Waals surface area contributed by atoms with Gasteiger partial charge in [0, 0.05) is 5.75 Å². The Labute approximate surface area is 117 Å². The number of aromatic nitrogens is 1. The van der Waals surface area contributed by atoms with E-state index in [9.17, 15) is 4.79 Å². The number of hydrogen-bond donors (Lipinski definition) is 1. The fourth-order valence-electron chi connectivity index (χ4n) is 1.21. The quantitative estimate of drug-likeness (QED) is 0.684. The third kappa shape index (κ3) is 3.19. The zero-order valence-corrected chi connectivity index (χ0v) is 11.2. The van der Waals surface area contributed by atoms with Gasteiger partial charge in [0.15, 0.2) is 5.09 Å². The Bertz CT molecular complexity index is 585. The summed E-state index contributed by atoms with van der Waals surface area (Å²) in [5, 5.41) is 9.89. The average molecular weight is 304 g/mol. The fourth-order valence-corrected chi connectivity index (χ4v) is 2.54. The maximum atomic E-state index is 10.6. The van der Waals surface area contributed by atoms with Crippen molar-refractivity contribution in [1.82, 2.24) is 4.98 Å². The molecule has 94 valence electrons. The number of carbonyl (C=O) groups is 1. The molecule has 2 aromatic rings. The molecule has 18 heavy (non-hydrogen) atoms. The molecule has 0 aliphatic rings. The number of rotatable bonds is 4. The molecule has 0 aromatic carbocycles. The number of aromatic carboxylic acids is 1. The monoisotopic (exact) mass is 303 g/mol. The van der Waals surface area contributed by atoms with Crippen molar-refractivity contribution in [1.29, 1.82) is 0 Å². The lowest BCUT2D eigenvalue weighted by atomic mass is 10.3. The highest BCUT2D eigenvalue weighted by Gasteiger charge is 2.10. The second-order valence-corrected chi connectivity index (χ2v) is 5.02. The number of nitrogens with zero attached hydrogens (tertiary/aromatic N) is 1. The molecule has 0 spiro atoms. The summed E-state index contributed by atoms with van der Waals surface area (Å²) >= 11 is 12.9. The average Bonchev–Trinajstić information content (AvgIpc) is 2.76. The Balaban J connectivity index is 2.04. The summed E-state index contributed by atoms with van der Waals surface area (Å²) in [5.41, 5.74) is 0.805.